The molecule has 128 valence electrons. The Morgan fingerprint density at radius 1 is 0.962 bits per heavy atom. The Balaban J connectivity index is 1.96. The number of anilines is 1. The van der Waals surface area contributed by atoms with Crippen LogP contribution in [0.15, 0.2) is 71.5 Å². The summed E-state index contributed by atoms with van der Waals surface area (Å²) in [5.74, 6) is -0.713. The Kier molecular flexibility index (Phi) is 3.89. The first kappa shape index (κ1) is 16.2. The van der Waals surface area contributed by atoms with Crippen LogP contribution < -0.4 is 11.3 Å². The lowest BCUT2D eigenvalue weighted by Crippen LogP contribution is -2.16. The summed E-state index contributed by atoms with van der Waals surface area (Å²) in [4.78, 5) is 25.9. The number of ketones is 1. The Hall–Kier alpha value is -3.25. The highest BCUT2D eigenvalue weighted by atomic mass is 32.1. The molecule has 0 aliphatic rings. The second kappa shape index (κ2) is 6.24. The fraction of sp³-hybridized carbons (Fsp3) is 0. The number of pyridine rings is 1. The summed E-state index contributed by atoms with van der Waals surface area (Å²) in [6, 6.07) is 17.5. The highest BCUT2D eigenvalue weighted by Crippen LogP contribution is 2.35. The number of nitrogens with two attached hydrogens (primary N) is 1. The van der Waals surface area contributed by atoms with E-state index in [0.717, 1.165) is 0 Å². The highest BCUT2D eigenvalue weighted by Gasteiger charge is 2.21. The Bertz CT molecular complexity index is 1180. The minimum absolute atomic E-state index is 0.203. The van der Waals surface area contributed by atoms with E-state index in [2.05, 4.69) is 0 Å². The Labute approximate surface area is 151 Å². The normalized spacial score (nSPS) is 11.0. The smallest absolute Gasteiger partial charge is 0.256 e. The molecule has 6 heteroatoms. The van der Waals surface area contributed by atoms with Gasteiger partial charge in [0.1, 0.15) is 10.6 Å². The van der Waals surface area contributed by atoms with Gasteiger partial charge in [-0.25, -0.2) is 4.39 Å². The largest absolute Gasteiger partial charge is 0.390 e. The van der Waals surface area contributed by atoms with Crippen LogP contribution in [0.1, 0.15) is 15.9 Å². The van der Waals surface area contributed by atoms with Gasteiger partial charge in [0, 0.05) is 17.0 Å². The van der Waals surface area contributed by atoms with Crippen LogP contribution in [-0.2, 0) is 0 Å². The fourth-order valence-corrected chi connectivity index (χ4v) is 3.98. The van der Waals surface area contributed by atoms with Crippen molar-refractivity contribution in [3.8, 4) is 5.69 Å². The average molecular weight is 364 g/mol. The third-order valence-corrected chi connectivity index (χ3v) is 5.14. The van der Waals surface area contributed by atoms with Crippen LogP contribution in [-0.4, -0.2) is 10.4 Å². The molecule has 0 saturated heterocycles. The first-order valence-electron chi connectivity index (χ1n) is 7.86. The molecule has 0 aliphatic carbocycles. The van der Waals surface area contributed by atoms with Gasteiger partial charge >= 0.3 is 0 Å². The van der Waals surface area contributed by atoms with Crippen molar-refractivity contribution in [3.63, 3.8) is 0 Å². The number of rotatable bonds is 3. The van der Waals surface area contributed by atoms with E-state index in [4.69, 9.17) is 5.73 Å². The molecule has 2 heterocycles. The van der Waals surface area contributed by atoms with Crippen LogP contribution in [0.5, 0.6) is 0 Å². The monoisotopic (exact) mass is 364 g/mol. The van der Waals surface area contributed by atoms with E-state index in [0.29, 0.717) is 32.0 Å². The number of thiophene rings is 1. The summed E-state index contributed by atoms with van der Waals surface area (Å²) < 4.78 is 14.7. The van der Waals surface area contributed by atoms with Crippen molar-refractivity contribution < 1.29 is 9.18 Å². The Morgan fingerprint density at radius 3 is 2.35 bits per heavy atom. The maximum absolute atomic E-state index is 13.1. The maximum Gasteiger partial charge on any atom is 0.256 e. The van der Waals surface area contributed by atoms with Crippen molar-refractivity contribution in [1.29, 1.82) is 0 Å². The summed E-state index contributed by atoms with van der Waals surface area (Å²) >= 11 is 1.19. The van der Waals surface area contributed by atoms with Crippen LogP contribution in [0.25, 0.3) is 15.9 Å². The predicted molar refractivity (Wildman–Crippen MR) is 102 cm³/mol. The molecule has 0 aliphatic heterocycles. The number of fused-ring (bicyclic) bond motifs is 1. The number of hydrogen-bond acceptors (Lipinski definition) is 4. The lowest BCUT2D eigenvalue weighted by molar-refractivity contribution is 0.104. The summed E-state index contributed by atoms with van der Waals surface area (Å²) in [5.41, 5.74) is 7.30. The van der Waals surface area contributed by atoms with Crippen molar-refractivity contribution in [2.24, 2.45) is 0 Å². The lowest BCUT2D eigenvalue weighted by atomic mass is 10.0. The predicted octanol–water partition coefficient (Wildman–Crippen LogP) is 4.00. The number of nitrogen functional groups attached to an aromatic ring is 1. The van der Waals surface area contributed by atoms with Gasteiger partial charge in [0.25, 0.3) is 5.56 Å². The van der Waals surface area contributed by atoms with E-state index in [1.807, 2.05) is 30.3 Å². The molecule has 4 nitrogen and oxygen atoms in total. The standard InChI is InChI=1S/C20H13FN2O2S/c21-13-8-6-12(7-9-13)18(25)17-15-10-11-16(24)23(20(15)26-19(17)22)14-4-2-1-3-5-14/h1-11H,22H2. The molecular formula is C20H13FN2O2S. The number of hydrogen-bond donors (Lipinski definition) is 1. The first-order chi connectivity index (χ1) is 12.6. The molecule has 26 heavy (non-hydrogen) atoms. The second-order valence-electron chi connectivity index (χ2n) is 5.74. The summed E-state index contributed by atoms with van der Waals surface area (Å²) in [6.45, 7) is 0. The van der Waals surface area contributed by atoms with Gasteiger partial charge in [-0.15, -0.1) is 0 Å². The Morgan fingerprint density at radius 2 is 1.65 bits per heavy atom. The van der Waals surface area contributed by atoms with Crippen molar-refractivity contribution in [2.75, 3.05) is 5.73 Å². The zero-order valence-corrected chi connectivity index (χ0v) is 14.3. The van der Waals surface area contributed by atoms with E-state index >= 15 is 0 Å². The zero-order chi connectivity index (χ0) is 18.3. The number of carbonyl (C=O) groups is 1. The van der Waals surface area contributed by atoms with Crippen LogP contribution in [0, 0.1) is 5.82 Å². The minimum atomic E-state index is -0.414. The molecule has 0 spiro atoms. The molecule has 2 aromatic carbocycles. The summed E-state index contributed by atoms with van der Waals surface area (Å²) in [7, 11) is 0. The molecule has 4 rings (SSSR count). The SMILES string of the molecule is Nc1sc2c(ccc(=O)n2-c2ccccc2)c1C(=O)c1ccc(F)cc1. The van der Waals surface area contributed by atoms with Gasteiger partial charge in [-0.2, -0.15) is 0 Å². The molecule has 0 unspecified atom stereocenters. The van der Waals surface area contributed by atoms with Gasteiger partial charge in [0.2, 0.25) is 0 Å². The van der Waals surface area contributed by atoms with Gasteiger partial charge in [-0.05, 0) is 42.5 Å². The first-order valence-corrected chi connectivity index (χ1v) is 8.67. The molecule has 0 fully saturated rings. The van der Waals surface area contributed by atoms with E-state index in [1.54, 1.807) is 6.07 Å². The quantitative estimate of drug-likeness (QED) is 0.559. The van der Waals surface area contributed by atoms with Crippen LogP contribution in [0.4, 0.5) is 9.39 Å². The zero-order valence-electron chi connectivity index (χ0n) is 13.5. The topological polar surface area (TPSA) is 65.1 Å². The van der Waals surface area contributed by atoms with Crippen LogP contribution >= 0.6 is 11.3 Å². The molecule has 4 aromatic rings. The average Bonchev–Trinajstić information content (AvgIpc) is 2.98. The fourth-order valence-electron chi connectivity index (χ4n) is 2.90. The molecule has 0 saturated carbocycles. The molecule has 0 atom stereocenters. The number of carbonyl (C=O) groups excluding carboxylic acids is 1. The van der Waals surface area contributed by atoms with E-state index < -0.39 is 5.82 Å². The van der Waals surface area contributed by atoms with Crippen molar-refractivity contribution in [3.05, 3.63) is 94.0 Å². The van der Waals surface area contributed by atoms with Gasteiger partial charge in [-0.1, -0.05) is 29.5 Å². The van der Waals surface area contributed by atoms with Crippen molar-refractivity contribution in [2.45, 2.75) is 0 Å². The number of halogens is 1. The highest BCUT2D eigenvalue weighted by molar-refractivity contribution is 7.22. The molecule has 2 N–H and O–H groups in total. The van der Waals surface area contributed by atoms with Crippen molar-refractivity contribution in [1.82, 2.24) is 4.57 Å². The van der Waals surface area contributed by atoms with E-state index in [1.165, 1.54) is 46.2 Å². The molecule has 0 amide bonds. The van der Waals surface area contributed by atoms with Gasteiger partial charge in [0.05, 0.1) is 16.3 Å². The van der Waals surface area contributed by atoms with Crippen LogP contribution in [0.2, 0.25) is 0 Å². The number of aromatic nitrogens is 1. The summed E-state index contributed by atoms with van der Waals surface area (Å²) in [5, 5.41) is 0.926. The van der Waals surface area contributed by atoms with Gasteiger partial charge < -0.3 is 5.73 Å². The second-order valence-corrected chi connectivity index (χ2v) is 6.77. The number of benzene rings is 2. The third-order valence-electron chi connectivity index (χ3n) is 4.12. The van der Waals surface area contributed by atoms with Gasteiger partial charge in [0.15, 0.2) is 5.78 Å². The maximum atomic E-state index is 13.1. The molecule has 0 bridgehead atoms. The van der Waals surface area contributed by atoms with E-state index in [-0.39, 0.29) is 11.3 Å². The van der Waals surface area contributed by atoms with E-state index in [9.17, 15) is 14.0 Å². The third kappa shape index (κ3) is 2.60. The summed E-state index contributed by atoms with van der Waals surface area (Å²) in [6.07, 6.45) is 0. The van der Waals surface area contributed by atoms with Crippen molar-refractivity contribution >= 4 is 32.3 Å². The number of para-hydroxylation sites is 1. The van der Waals surface area contributed by atoms with Gasteiger partial charge in [-0.3, -0.25) is 14.2 Å². The lowest BCUT2D eigenvalue weighted by Gasteiger charge is -2.07. The molecule has 0 radical (unpaired) electrons. The van der Waals surface area contributed by atoms with Crippen LogP contribution in [0.3, 0.4) is 0 Å². The molecular weight excluding hydrogens is 351 g/mol. The molecule has 2 aromatic heterocycles. The number of nitrogens with zero attached hydrogens (tertiary/aromatic N) is 1. The minimum Gasteiger partial charge on any atom is -0.390 e.